The Morgan fingerprint density at radius 1 is 1.38 bits per heavy atom. The summed E-state index contributed by atoms with van der Waals surface area (Å²) in [6.07, 6.45) is 2.00. The van der Waals surface area contributed by atoms with Crippen LogP contribution in [0.5, 0.6) is 5.75 Å². The third kappa shape index (κ3) is 6.27. The van der Waals surface area contributed by atoms with Crippen LogP contribution in [0.3, 0.4) is 0 Å². The molecule has 0 saturated carbocycles. The van der Waals surface area contributed by atoms with E-state index >= 15 is 0 Å². The lowest BCUT2D eigenvalue weighted by molar-refractivity contribution is -0.127. The van der Waals surface area contributed by atoms with Crippen molar-refractivity contribution in [1.82, 2.24) is 16.2 Å². The minimum absolute atomic E-state index is 0.308. The lowest BCUT2D eigenvalue weighted by Crippen LogP contribution is -2.50. The molecule has 21 heavy (non-hydrogen) atoms. The Morgan fingerprint density at radius 3 is 2.62 bits per heavy atom. The predicted molar refractivity (Wildman–Crippen MR) is 88.0 cm³/mol. The van der Waals surface area contributed by atoms with Crippen molar-refractivity contribution in [3.63, 3.8) is 0 Å². The van der Waals surface area contributed by atoms with Gasteiger partial charge in [0.2, 0.25) is 0 Å². The van der Waals surface area contributed by atoms with Crippen LogP contribution in [0.4, 0.5) is 0 Å². The molecule has 1 atom stereocenters. The highest BCUT2D eigenvalue weighted by atomic mass is 32.1. The number of hydrogen-bond donors (Lipinski definition) is 3. The van der Waals surface area contributed by atoms with E-state index in [4.69, 9.17) is 17.0 Å². The quantitative estimate of drug-likeness (QED) is 0.424. The van der Waals surface area contributed by atoms with Crippen molar-refractivity contribution in [3.8, 4) is 5.75 Å². The average molecular weight is 307 g/mol. The molecule has 1 aromatic rings. The fourth-order valence-electron chi connectivity index (χ4n) is 1.49. The first-order valence-electron chi connectivity index (χ1n) is 6.77. The normalized spacial score (nSPS) is 11.1. The molecule has 3 N–H and O–H groups in total. The molecule has 5 nitrogen and oxygen atoms in total. The number of thiocarbonyl (C=S) groups is 1. The van der Waals surface area contributed by atoms with Gasteiger partial charge in [-0.05, 0) is 43.3 Å². The topological polar surface area (TPSA) is 62.4 Å². The molecule has 1 rings (SSSR count). The minimum Gasteiger partial charge on any atom is -0.481 e. The summed E-state index contributed by atoms with van der Waals surface area (Å²) in [6, 6.07) is 7.66. The first-order chi connectivity index (χ1) is 10.1. The summed E-state index contributed by atoms with van der Waals surface area (Å²) in [6.45, 7) is 7.84. The third-order valence-corrected chi connectivity index (χ3v) is 2.97. The molecular formula is C15H21N3O2S. The van der Waals surface area contributed by atoms with E-state index < -0.39 is 6.10 Å². The summed E-state index contributed by atoms with van der Waals surface area (Å²) in [4.78, 5) is 11.8. The van der Waals surface area contributed by atoms with Gasteiger partial charge in [0.15, 0.2) is 11.2 Å². The Bertz CT molecular complexity index is 488. The number of nitrogens with one attached hydrogen (secondary N) is 3. The summed E-state index contributed by atoms with van der Waals surface area (Å²) < 4.78 is 5.56. The fraction of sp³-hybridized carbons (Fsp3) is 0.333. The summed E-state index contributed by atoms with van der Waals surface area (Å²) >= 11 is 4.96. The molecule has 0 radical (unpaired) electrons. The van der Waals surface area contributed by atoms with Crippen LogP contribution in [-0.4, -0.2) is 23.7 Å². The van der Waals surface area contributed by atoms with Gasteiger partial charge in [-0.3, -0.25) is 15.6 Å². The van der Waals surface area contributed by atoms with Crippen molar-refractivity contribution in [3.05, 3.63) is 42.5 Å². The van der Waals surface area contributed by atoms with Crippen LogP contribution >= 0.6 is 12.2 Å². The van der Waals surface area contributed by atoms with Gasteiger partial charge in [-0.1, -0.05) is 25.1 Å². The number of hydrogen-bond acceptors (Lipinski definition) is 3. The molecule has 0 aliphatic carbocycles. The summed E-state index contributed by atoms with van der Waals surface area (Å²) in [7, 11) is 0. The van der Waals surface area contributed by atoms with E-state index in [9.17, 15) is 4.79 Å². The van der Waals surface area contributed by atoms with Crippen molar-refractivity contribution in [2.75, 3.05) is 6.54 Å². The zero-order valence-electron chi connectivity index (χ0n) is 12.3. The zero-order chi connectivity index (χ0) is 15.7. The molecule has 0 spiro atoms. The standard InChI is InChI=1S/C15H21N3O2S/c1-4-10-16-15(21)18-17-14(19)11(3)20-13-8-6-12(5-2)7-9-13/h4,6-9,11H,1,5,10H2,2-3H3,(H,17,19)(H2,16,18,21)/t11-/m0/s1. The van der Waals surface area contributed by atoms with Crippen molar-refractivity contribution in [1.29, 1.82) is 0 Å². The number of ether oxygens (including phenoxy) is 1. The Hall–Kier alpha value is -2.08. The fourth-order valence-corrected chi connectivity index (χ4v) is 1.62. The Labute approximate surface area is 130 Å². The summed E-state index contributed by atoms with van der Waals surface area (Å²) in [5.41, 5.74) is 6.30. The zero-order valence-corrected chi connectivity index (χ0v) is 13.1. The largest absolute Gasteiger partial charge is 0.481 e. The Morgan fingerprint density at radius 2 is 2.05 bits per heavy atom. The van der Waals surface area contributed by atoms with Gasteiger partial charge in [-0.25, -0.2) is 0 Å². The van der Waals surface area contributed by atoms with Gasteiger partial charge in [-0.15, -0.1) is 6.58 Å². The Kier molecular flexibility index (Phi) is 7.25. The molecule has 6 heteroatoms. The van der Waals surface area contributed by atoms with Crippen molar-refractivity contribution in [2.45, 2.75) is 26.4 Å². The second-order valence-electron chi connectivity index (χ2n) is 4.37. The van der Waals surface area contributed by atoms with Gasteiger partial charge in [0.05, 0.1) is 0 Å². The molecule has 0 aliphatic rings. The second-order valence-corrected chi connectivity index (χ2v) is 4.78. The van der Waals surface area contributed by atoms with Crippen molar-refractivity contribution >= 4 is 23.2 Å². The number of benzene rings is 1. The molecule has 0 fully saturated rings. The van der Waals surface area contributed by atoms with Crippen LogP contribution in [0.2, 0.25) is 0 Å². The number of rotatable bonds is 6. The molecule has 0 aromatic heterocycles. The van der Waals surface area contributed by atoms with Gasteiger partial charge in [0.1, 0.15) is 5.75 Å². The second kappa shape index (κ2) is 8.97. The molecule has 0 unspecified atom stereocenters. The van der Waals surface area contributed by atoms with Crippen molar-refractivity contribution in [2.24, 2.45) is 0 Å². The van der Waals surface area contributed by atoms with E-state index in [1.807, 2.05) is 24.3 Å². The lowest BCUT2D eigenvalue weighted by atomic mass is 10.2. The predicted octanol–water partition coefficient (Wildman–Crippen LogP) is 1.70. The van der Waals surface area contributed by atoms with Gasteiger partial charge < -0.3 is 10.1 Å². The molecule has 1 aromatic carbocycles. The highest BCUT2D eigenvalue weighted by Gasteiger charge is 2.14. The number of carbonyl (C=O) groups is 1. The van der Waals surface area contributed by atoms with Gasteiger partial charge in [0, 0.05) is 6.54 Å². The monoisotopic (exact) mass is 307 g/mol. The summed E-state index contributed by atoms with van der Waals surface area (Å²) in [5.74, 6) is 0.347. The van der Waals surface area contributed by atoms with E-state index in [1.54, 1.807) is 13.0 Å². The molecule has 1 amide bonds. The van der Waals surface area contributed by atoms with Crippen LogP contribution < -0.4 is 20.9 Å². The molecule has 114 valence electrons. The molecular weight excluding hydrogens is 286 g/mol. The maximum absolute atomic E-state index is 11.8. The van der Waals surface area contributed by atoms with E-state index in [0.29, 0.717) is 17.4 Å². The molecule has 0 bridgehead atoms. The van der Waals surface area contributed by atoms with Crippen LogP contribution in [0.25, 0.3) is 0 Å². The number of aryl methyl sites for hydroxylation is 1. The van der Waals surface area contributed by atoms with Gasteiger partial charge in [-0.2, -0.15) is 0 Å². The molecule has 0 saturated heterocycles. The SMILES string of the molecule is C=CCNC(=S)NNC(=O)[C@H](C)Oc1ccc(CC)cc1. The maximum atomic E-state index is 11.8. The van der Waals surface area contributed by atoms with E-state index in [2.05, 4.69) is 29.7 Å². The van der Waals surface area contributed by atoms with Crippen LogP contribution in [0.15, 0.2) is 36.9 Å². The van der Waals surface area contributed by atoms with Crippen LogP contribution in [0.1, 0.15) is 19.4 Å². The van der Waals surface area contributed by atoms with E-state index in [-0.39, 0.29) is 5.91 Å². The van der Waals surface area contributed by atoms with E-state index in [1.165, 1.54) is 5.56 Å². The first kappa shape index (κ1) is 17.0. The Balaban J connectivity index is 2.39. The highest BCUT2D eigenvalue weighted by molar-refractivity contribution is 7.80. The first-order valence-corrected chi connectivity index (χ1v) is 7.17. The number of amides is 1. The van der Waals surface area contributed by atoms with Crippen molar-refractivity contribution < 1.29 is 9.53 Å². The number of carbonyl (C=O) groups excluding carboxylic acids is 1. The minimum atomic E-state index is -0.632. The molecule has 0 aliphatic heterocycles. The lowest BCUT2D eigenvalue weighted by Gasteiger charge is -2.16. The average Bonchev–Trinajstić information content (AvgIpc) is 2.51. The van der Waals surface area contributed by atoms with Crippen LogP contribution in [0, 0.1) is 0 Å². The smallest absolute Gasteiger partial charge is 0.279 e. The number of hydrazine groups is 1. The molecule has 0 heterocycles. The van der Waals surface area contributed by atoms with Gasteiger partial charge in [0.25, 0.3) is 5.91 Å². The maximum Gasteiger partial charge on any atom is 0.279 e. The van der Waals surface area contributed by atoms with Crippen LogP contribution in [-0.2, 0) is 11.2 Å². The van der Waals surface area contributed by atoms with Gasteiger partial charge >= 0.3 is 0 Å². The highest BCUT2D eigenvalue weighted by Crippen LogP contribution is 2.14. The van der Waals surface area contributed by atoms with E-state index in [0.717, 1.165) is 6.42 Å². The third-order valence-electron chi connectivity index (χ3n) is 2.72. The summed E-state index contributed by atoms with van der Waals surface area (Å²) in [5, 5.41) is 3.16.